The molecule has 2 heterocycles. The zero-order valence-corrected chi connectivity index (χ0v) is 14.0. The fourth-order valence-corrected chi connectivity index (χ4v) is 3.52. The van der Waals surface area contributed by atoms with Gasteiger partial charge in [-0.25, -0.2) is 4.98 Å². The van der Waals surface area contributed by atoms with Crippen LogP contribution in [0.3, 0.4) is 0 Å². The van der Waals surface area contributed by atoms with Gasteiger partial charge in [-0.15, -0.1) is 0 Å². The van der Waals surface area contributed by atoms with Gasteiger partial charge in [-0.2, -0.15) is 0 Å². The molecule has 0 saturated heterocycles. The Morgan fingerprint density at radius 3 is 2.92 bits per heavy atom. The van der Waals surface area contributed by atoms with Gasteiger partial charge >= 0.3 is 0 Å². The highest BCUT2D eigenvalue weighted by Crippen LogP contribution is 2.35. The summed E-state index contributed by atoms with van der Waals surface area (Å²) in [6.07, 6.45) is 2.12. The molecule has 2 aromatic rings. The lowest BCUT2D eigenvalue weighted by Gasteiger charge is -2.30. The van der Waals surface area contributed by atoms with Gasteiger partial charge < -0.3 is 16.2 Å². The number of thioether (sulfide) groups is 1. The fourth-order valence-electron chi connectivity index (χ4n) is 2.54. The number of amidine groups is 1. The van der Waals surface area contributed by atoms with E-state index >= 15 is 0 Å². The number of rotatable bonds is 3. The first-order valence-electron chi connectivity index (χ1n) is 7.51. The maximum atomic E-state index is 12.2. The molecule has 24 heavy (non-hydrogen) atoms. The molecule has 124 valence electrons. The van der Waals surface area contributed by atoms with E-state index in [1.807, 2.05) is 31.2 Å². The molecule has 1 aromatic carbocycles. The zero-order chi connectivity index (χ0) is 17.2. The molecule has 0 saturated carbocycles. The molecule has 1 aliphatic rings. The quantitative estimate of drug-likeness (QED) is 0.796. The number of nitrogens with one attached hydrogen (secondary N) is 1. The summed E-state index contributed by atoms with van der Waals surface area (Å²) < 4.78 is 0. The molecule has 7 heteroatoms. The van der Waals surface area contributed by atoms with Crippen molar-refractivity contribution < 1.29 is 9.90 Å². The number of carbonyl (C=O) groups is 1. The Labute approximate surface area is 144 Å². The van der Waals surface area contributed by atoms with E-state index in [9.17, 15) is 9.90 Å². The number of nitrogens with two attached hydrogens (primary N) is 1. The van der Waals surface area contributed by atoms with Crippen LogP contribution in [0.2, 0.25) is 0 Å². The predicted molar refractivity (Wildman–Crippen MR) is 96.3 cm³/mol. The van der Waals surface area contributed by atoms with Gasteiger partial charge in [-0.05, 0) is 43.2 Å². The zero-order valence-electron chi connectivity index (χ0n) is 13.2. The highest BCUT2D eigenvalue weighted by molar-refractivity contribution is 8.13. The molecule has 0 spiro atoms. The molecular weight excluding hydrogens is 324 g/mol. The van der Waals surface area contributed by atoms with Crippen molar-refractivity contribution in [2.24, 2.45) is 10.7 Å². The summed E-state index contributed by atoms with van der Waals surface area (Å²) in [4.78, 5) is 20.7. The molecule has 0 unspecified atom stereocenters. The van der Waals surface area contributed by atoms with Crippen LogP contribution >= 0.6 is 11.8 Å². The van der Waals surface area contributed by atoms with E-state index in [0.29, 0.717) is 10.9 Å². The van der Waals surface area contributed by atoms with E-state index in [0.717, 1.165) is 17.7 Å². The van der Waals surface area contributed by atoms with E-state index in [4.69, 9.17) is 5.73 Å². The summed E-state index contributed by atoms with van der Waals surface area (Å²) in [6, 6.07) is 10.5. The van der Waals surface area contributed by atoms with Crippen molar-refractivity contribution >= 4 is 28.5 Å². The minimum atomic E-state index is -0.382. The van der Waals surface area contributed by atoms with Gasteiger partial charge in [-0.1, -0.05) is 23.9 Å². The van der Waals surface area contributed by atoms with Crippen LogP contribution in [0.25, 0.3) is 0 Å². The molecule has 1 amide bonds. The Bertz CT molecular complexity index is 791. The molecule has 0 fully saturated rings. The lowest BCUT2D eigenvalue weighted by Crippen LogP contribution is -2.28. The van der Waals surface area contributed by atoms with Gasteiger partial charge in [-0.3, -0.25) is 9.79 Å². The van der Waals surface area contributed by atoms with Crippen molar-refractivity contribution in [3.05, 3.63) is 53.9 Å². The Kier molecular flexibility index (Phi) is 4.44. The van der Waals surface area contributed by atoms with Crippen molar-refractivity contribution in [3.8, 4) is 5.75 Å². The number of aliphatic imine (C=N–C) groups is 1. The number of anilines is 1. The van der Waals surface area contributed by atoms with Crippen LogP contribution in [0.4, 0.5) is 5.69 Å². The van der Waals surface area contributed by atoms with Crippen LogP contribution in [0.5, 0.6) is 5.75 Å². The smallest absolute Gasteiger partial charge is 0.274 e. The molecule has 3 rings (SSSR count). The molecule has 0 aliphatic carbocycles. The van der Waals surface area contributed by atoms with E-state index in [-0.39, 0.29) is 22.9 Å². The van der Waals surface area contributed by atoms with Gasteiger partial charge in [0.2, 0.25) is 0 Å². The van der Waals surface area contributed by atoms with Gasteiger partial charge in [0.05, 0.1) is 11.7 Å². The molecule has 6 nitrogen and oxygen atoms in total. The summed E-state index contributed by atoms with van der Waals surface area (Å²) in [5.41, 5.74) is 7.39. The Morgan fingerprint density at radius 2 is 2.21 bits per heavy atom. The van der Waals surface area contributed by atoms with Gasteiger partial charge in [0.15, 0.2) is 5.17 Å². The van der Waals surface area contributed by atoms with Crippen LogP contribution in [0.15, 0.2) is 47.6 Å². The van der Waals surface area contributed by atoms with Gasteiger partial charge in [0.1, 0.15) is 11.4 Å². The molecule has 1 atom stereocenters. The number of aromatic hydroxyl groups is 1. The molecule has 1 aliphatic heterocycles. The van der Waals surface area contributed by atoms with E-state index in [1.165, 1.54) is 18.3 Å². The Hall–Kier alpha value is -2.54. The highest BCUT2D eigenvalue weighted by Gasteiger charge is 2.29. The summed E-state index contributed by atoms with van der Waals surface area (Å²) in [6.45, 7) is 2.04. The summed E-state index contributed by atoms with van der Waals surface area (Å²) in [7, 11) is 0. The van der Waals surface area contributed by atoms with Crippen LogP contribution in [0, 0.1) is 0 Å². The number of aromatic nitrogens is 1. The standard InChI is InChI=1S/C17H18N4O2S/c1-17(7-8-24-16(18)21-17)11-3-2-4-12(9-11)20-15(23)14-6-5-13(22)10-19-14/h2-6,9-10,22H,7-8H2,1H3,(H2,18,21)(H,20,23)/t17-/m0/s1. The van der Waals surface area contributed by atoms with E-state index in [2.05, 4.69) is 15.3 Å². The van der Waals surface area contributed by atoms with Crippen LogP contribution in [-0.2, 0) is 5.54 Å². The van der Waals surface area contributed by atoms with Crippen LogP contribution in [-0.4, -0.2) is 26.9 Å². The maximum absolute atomic E-state index is 12.2. The first-order valence-corrected chi connectivity index (χ1v) is 8.50. The fraction of sp³-hybridized carbons (Fsp3) is 0.235. The number of hydrogen-bond donors (Lipinski definition) is 3. The van der Waals surface area contributed by atoms with Crippen molar-refractivity contribution in [1.29, 1.82) is 0 Å². The van der Waals surface area contributed by atoms with E-state index in [1.54, 1.807) is 11.8 Å². The highest BCUT2D eigenvalue weighted by atomic mass is 32.2. The number of carbonyl (C=O) groups excluding carboxylic acids is 1. The maximum Gasteiger partial charge on any atom is 0.274 e. The third-order valence-electron chi connectivity index (χ3n) is 3.92. The van der Waals surface area contributed by atoms with Crippen molar-refractivity contribution in [2.75, 3.05) is 11.1 Å². The third-order valence-corrected chi connectivity index (χ3v) is 4.71. The second-order valence-electron chi connectivity index (χ2n) is 5.76. The van der Waals surface area contributed by atoms with E-state index < -0.39 is 0 Å². The number of amides is 1. The summed E-state index contributed by atoms with van der Waals surface area (Å²) >= 11 is 1.56. The third kappa shape index (κ3) is 3.51. The number of nitrogens with zero attached hydrogens (tertiary/aromatic N) is 2. The molecule has 1 aromatic heterocycles. The Morgan fingerprint density at radius 1 is 1.38 bits per heavy atom. The molecular formula is C17H18N4O2S. The second-order valence-corrected chi connectivity index (χ2v) is 6.87. The van der Waals surface area contributed by atoms with Crippen molar-refractivity contribution in [3.63, 3.8) is 0 Å². The number of pyridine rings is 1. The number of hydrogen-bond acceptors (Lipinski definition) is 6. The average molecular weight is 342 g/mol. The lowest BCUT2D eigenvalue weighted by atomic mass is 9.89. The van der Waals surface area contributed by atoms with Crippen LogP contribution < -0.4 is 11.1 Å². The normalized spacial score (nSPS) is 20.3. The monoisotopic (exact) mass is 342 g/mol. The second kappa shape index (κ2) is 6.52. The topological polar surface area (TPSA) is 101 Å². The molecule has 0 radical (unpaired) electrons. The first kappa shape index (κ1) is 16.3. The SMILES string of the molecule is C[C@@]1(c2cccc(NC(=O)c3ccc(O)cn3)c2)CCSC(N)=N1. The first-order chi connectivity index (χ1) is 11.5. The molecule has 0 bridgehead atoms. The predicted octanol–water partition coefficient (Wildman–Crippen LogP) is 2.71. The van der Waals surface area contributed by atoms with Crippen LogP contribution in [0.1, 0.15) is 29.4 Å². The lowest BCUT2D eigenvalue weighted by molar-refractivity contribution is 0.102. The van der Waals surface area contributed by atoms with Gasteiger partial charge in [0, 0.05) is 11.4 Å². The van der Waals surface area contributed by atoms with Crippen molar-refractivity contribution in [1.82, 2.24) is 4.98 Å². The largest absolute Gasteiger partial charge is 0.506 e. The van der Waals surface area contributed by atoms with Crippen molar-refractivity contribution in [2.45, 2.75) is 18.9 Å². The minimum Gasteiger partial charge on any atom is -0.506 e. The molecule has 4 N–H and O–H groups in total. The van der Waals surface area contributed by atoms with Gasteiger partial charge in [0.25, 0.3) is 5.91 Å². The Balaban J connectivity index is 1.82. The minimum absolute atomic E-state index is 0.0205. The number of benzene rings is 1. The summed E-state index contributed by atoms with van der Waals surface area (Å²) in [5, 5.41) is 12.6. The average Bonchev–Trinajstić information content (AvgIpc) is 2.55. The summed E-state index contributed by atoms with van der Waals surface area (Å²) in [5.74, 6) is 0.603.